The number of fused-ring (bicyclic) bond motifs is 1. The van der Waals surface area contributed by atoms with Gasteiger partial charge in [-0.15, -0.1) is 0 Å². The molecule has 29 heavy (non-hydrogen) atoms. The minimum Gasteiger partial charge on any atom is -0.487 e. The normalized spacial score (nSPS) is 12.1. The largest absolute Gasteiger partial charge is 0.487 e. The Kier molecular flexibility index (Phi) is 5.08. The summed E-state index contributed by atoms with van der Waals surface area (Å²) in [6, 6.07) is 14.6. The average Bonchev–Trinajstić information content (AvgIpc) is 3.32. The molecule has 148 valence electrons. The molecule has 1 atom stereocenters. The van der Waals surface area contributed by atoms with Gasteiger partial charge in [0.1, 0.15) is 29.5 Å². The van der Waals surface area contributed by atoms with Crippen LogP contribution in [0.15, 0.2) is 65.3 Å². The summed E-state index contributed by atoms with van der Waals surface area (Å²) in [6.07, 6.45) is 3.99. The summed E-state index contributed by atoms with van der Waals surface area (Å²) in [5, 5.41) is 2.94. The van der Waals surface area contributed by atoms with E-state index >= 15 is 0 Å². The molecule has 4 aromatic rings. The number of rotatable bonds is 6. The van der Waals surface area contributed by atoms with Crippen LogP contribution in [0.4, 0.5) is 0 Å². The molecule has 0 fully saturated rings. The van der Waals surface area contributed by atoms with Crippen molar-refractivity contribution < 1.29 is 13.9 Å². The Hall–Kier alpha value is -3.54. The Balaban J connectivity index is 1.36. The first-order valence-corrected chi connectivity index (χ1v) is 9.52. The molecule has 1 amide bonds. The minimum atomic E-state index is -0.203. The lowest BCUT2D eigenvalue weighted by Crippen LogP contribution is -2.26. The standard InChI is InChI=1S/C23H23N3O3/c1-15-4-11-22-25-19(13-26(22)12-15)14-28-20-8-6-18(7-9-20)23(27)24-17(3)21-10-5-16(2)29-21/h4-13,17H,14H2,1-3H3,(H,24,27). The Bertz CT molecular complexity index is 1140. The number of carbonyl (C=O) groups is 1. The SMILES string of the molecule is Cc1ccc2nc(COc3ccc(C(=O)NC(C)c4ccc(C)o4)cc3)cn2c1. The lowest BCUT2D eigenvalue weighted by atomic mass is 10.2. The van der Waals surface area contributed by atoms with Crippen LogP contribution in [0.5, 0.6) is 5.75 Å². The quantitative estimate of drug-likeness (QED) is 0.523. The third kappa shape index (κ3) is 4.32. The van der Waals surface area contributed by atoms with Crippen molar-refractivity contribution in [3.8, 4) is 5.75 Å². The first kappa shape index (κ1) is 18.8. The van der Waals surface area contributed by atoms with Gasteiger partial charge in [0, 0.05) is 18.0 Å². The molecule has 0 radical (unpaired) electrons. The van der Waals surface area contributed by atoms with E-state index in [1.165, 1.54) is 5.56 Å². The molecule has 6 heteroatoms. The molecule has 0 spiro atoms. The highest BCUT2D eigenvalue weighted by atomic mass is 16.5. The van der Waals surface area contributed by atoms with Crippen LogP contribution in [-0.4, -0.2) is 15.3 Å². The fraction of sp³-hybridized carbons (Fsp3) is 0.217. The summed E-state index contributed by atoms with van der Waals surface area (Å²) in [7, 11) is 0. The van der Waals surface area contributed by atoms with Gasteiger partial charge in [0.25, 0.3) is 5.91 Å². The smallest absolute Gasteiger partial charge is 0.251 e. The van der Waals surface area contributed by atoms with E-state index < -0.39 is 0 Å². The molecule has 1 unspecified atom stereocenters. The molecule has 4 rings (SSSR count). The predicted molar refractivity (Wildman–Crippen MR) is 110 cm³/mol. The Morgan fingerprint density at radius 2 is 1.90 bits per heavy atom. The zero-order valence-electron chi connectivity index (χ0n) is 16.7. The predicted octanol–water partition coefficient (Wildman–Crippen LogP) is 4.61. The third-order valence-corrected chi connectivity index (χ3v) is 4.69. The maximum absolute atomic E-state index is 12.4. The monoisotopic (exact) mass is 389 g/mol. The van der Waals surface area contributed by atoms with Crippen LogP contribution >= 0.6 is 0 Å². The van der Waals surface area contributed by atoms with E-state index in [9.17, 15) is 4.79 Å². The zero-order valence-corrected chi connectivity index (χ0v) is 16.7. The number of furan rings is 1. The second-order valence-corrected chi connectivity index (χ2v) is 7.16. The van der Waals surface area contributed by atoms with E-state index in [0.717, 1.165) is 22.9 Å². The van der Waals surface area contributed by atoms with E-state index in [-0.39, 0.29) is 11.9 Å². The third-order valence-electron chi connectivity index (χ3n) is 4.69. The van der Waals surface area contributed by atoms with Crippen molar-refractivity contribution in [2.24, 2.45) is 0 Å². The number of aryl methyl sites for hydroxylation is 2. The van der Waals surface area contributed by atoms with E-state index in [2.05, 4.69) is 10.3 Å². The van der Waals surface area contributed by atoms with Crippen LogP contribution in [0, 0.1) is 13.8 Å². The number of amides is 1. The lowest BCUT2D eigenvalue weighted by molar-refractivity contribution is 0.0935. The van der Waals surface area contributed by atoms with Gasteiger partial charge >= 0.3 is 0 Å². The molecular weight excluding hydrogens is 366 g/mol. The number of benzene rings is 1. The van der Waals surface area contributed by atoms with Crippen LogP contribution in [0.25, 0.3) is 5.65 Å². The molecule has 0 aliphatic carbocycles. The van der Waals surface area contributed by atoms with Gasteiger partial charge in [-0.05, 0) is 68.8 Å². The molecule has 0 saturated heterocycles. The van der Waals surface area contributed by atoms with Crippen molar-refractivity contribution in [3.05, 3.63) is 89.3 Å². The molecule has 1 N–H and O–H groups in total. The summed E-state index contributed by atoms with van der Waals surface area (Å²) in [6.45, 7) is 6.18. The molecule has 0 bridgehead atoms. The summed E-state index contributed by atoms with van der Waals surface area (Å²) >= 11 is 0. The number of nitrogens with one attached hydrogen (secondary N) is 1. The van der Waals surface area contributed by atoms with Crippen LogP contribution in [0.2, 0.25) is 0 Å². The topological polar surface area (TPSA) is 68.8 Å². The fourth-order valence-corrected chi connectivity index (χ4v) is 3.12. The summed E-state index contributed by atoms with van der Waals surface area (Å²) in [5.41, 5.74) is 3.48. The van der Waals surface area contributed by atoms with E-state index in [1.807, 2.05) is 61.8 Å². The number of imidazole rings is 1. The van der Waals surface area contributed by atoms with Crippen molar-refractivity contribution in [2.45, 2.75) is 33.4 Å². The van der Waals surface area contributed by atoms with Crippen LogP contribution < -0.4 is 10.1 Å². The molecule has 3 heterocycles. The first-order valence-electron chi connectivity index (χ1n) is 9.52. The number of pyridine rings is 1. The second kappa shape index (κ2) is 7.83. The summed E-state index contributed by atoms with van der Waals surface area (Å²) in [4.78, 5) is 17.0. The second-order valence-electron chi connectivity index (χ2n) is 7.16. The van der Waals surface area contributed by atoms with E-state index in [0.29, 0.717) is 17.9 Å². The van der Waals surface area contributed by atoms with E-state index in [4.69, 9.17) is 9.15 Å². The Labute approximate surface area is 169 Å². The number of nitrogens with zero attached hydrogens (tertiary/aromatic N) is 2. The maximum atomic E-state index is 12.4. The fourth-order valence-electron chi connectivity index (χ4n) is 3.12. The van der Waals surface area contributed by atoms with Gasteiger partial charge in [0.05, 0.1) is 11.7 Å². The van der Waals surface area contributed by atoms with Crippen molar-refractivity contribution in [2.75, 3.05) is 0 Å². The number of ether oxygens (including phenoxy) is 1. The van der Waals surface area contributed by atoms with E-state index in [1.54, 1.807) is 24.3 Å². The van der Waals surface area contributed by atoms with Gasteiger partial charge in [0.2, 0.25) is 0 Å². The molecule has 0 saturated carbocycles. The van der Waals surface area contributed by atoms with Gasteiger partial charge in [-0.3, -0.25) is 4.79 Å². The van der Waals surface area contributed by atoms with Crippen molar-refractivity contribution in [3.63, 3.8) is 0 Å². The van der Waals surface area contributed by atoms with Crippen LogP contribution in [0.3, 0.4) is 0 Å². The maximum Gasteiger partial charge on any atom is 0.251 e. The molecule has 3 aromatic heterocycles. The van der Waals surface area contributed by atoms with Crippen molar-refractivity contribution in [1.29, 1.82) is 0 Å². The minimum absolute atomic E-state index is 0.158. The lowest BCUT2D eigenvalue weighted by Gasteiger charge is -2.12. The highest BCUT2D eigenvalue weighted by molar-refractivity contribution is 5.94. The number of hydrogen-bond donors (Lipinski definition) is 1. The molecule has 0 aliphatic heterocycles. The number of hydrogen-bond acceptors (Lipinski definition) is 4. The molecule has 0 aliphatic rings. The molecule has 6 nitrogen and oxygen atoms in total. The van der Waals surface area contributed by atoms with Gasteiger partial charge < -0.3 is 18.9 Å². The van der Waals surface area contributed by atoms with Gasteiger partial charge in [-0.1, -0.05) is 6.07 Å². The van der Waals surface area contributed by atoms with Crippen LogP contribution in [0.1, 0.15) is 46.1 Å². The Morgan fingerprint density at radius 3 is 2.62 bits per heavy atom. The number of carbonyl (C=O) groups excluding carboxylic acids is 1. The van der Waals surface area contributed by atoms with Crippen LogP contribution in [-0.2, 0) is 6.61 Å². The van der Waals surface area contributed by atoms with Gasteiger partial charge in [-0.2, -0.15) is 0 Å². The molecular formula is C23H23N3O3. The number of aromatic nitrogens is 2. The zero-order chi connectivity index (χ0) is 20.4. The highest BCUT2D eigenvalue weighted by Gasteiger charge is 2.14. The Morgan fingerprint density at radius 1 is 1.10 bits per heavy atom. The first-order chi connectivity index (χ1) is 14.0. The van der Waals surface area contributed by atoms with Crippen molar-refractivity contribution >= 4 is 11.6 Å². The highest BCUT2D eigenvalue weighted by Crippen LogP contribution is 2.18. The molecule has 1 aromatic carbocycles. The summed E-state index contributed by atoms with van der Waals surface area (Å²) < 4.78 is 13.4. The average molecular weight is 389 g/mol. The summed E-state index contributed by atoms with van der Waals surface area (Å²) in [5.74, 6) is 2.08. The van der Waals surface area contributed by atoms with Gasteiger partial charge in [0.15, 0.2) is 0 Å². The van der Waals surface area contributed by atoms with Crippen molar-refractivity contribution in [1.82, 2.24) is 14.7 Å². The van der Waals surface area contributed by atoms with Gasteiger partial charge in [-0.25, -0.2) is 4.98 Å².